The molecule has 13 heteroatoms. The van der Waals surface area contributed by atoms with Gasteiger partial charge in [-0.3, -0.25) is 21.0 Å². The molecule has 17 heavy (non-hydrogen) atoms. The van der Waals surface area contributed by atoms with Gasteiger partial charge < -0.3 is 52.4 Å². The van der Waals surface area contributed by atoms with Gasteiger partial charge in [-0.2, -0.15) is 0 Å². The molecule has 6 N–H and O–H groups in total. The Labute approximate surface area is 107 Å². The average molecular weight is 339 g/mol. The Balaban J connectivity index is -0.0000000417. The molecule has 0 radical (unpaired) electrons. The van der Waals surface area contributed by atoms with E-state index in [-0.39, 0.29) is 22.4 Å². The maximum absolute atomic E-state index is 9.04. The molecule has 0 aliphatic heterocycles. The second kappa shape index (κ2) is 23.9. The van der Waals surface area contributed by atoms with E-state index in [0.29, 0.717) is 0 Å². The van der Waals surface area contributed by atoms with E-state index in [1.807, 2.05) is 0 Å². The van der Waals surface area contributed by atoms with Gasteiger partial charge in [0.05, 0.1) is 0 Å². The second-order valence-corrected chi connectivity index (χ2v) is 1.19. The van der Waals surface area contributed by atoms with E-state index in [4.69, 9.17) is 60.6 Å². The normalized spacial score (nSPS) is 5.88. The van der Waals surface area contributed by atoms with Crippen molar-refractivity contribution in [2.45, 2.75) is 0 Å². The van der Waals surface area contributed by atoms with E-state index in [0.717, 1.165) is 0 Å². The molecule has 0 rings (SSSR count). The number of carbonyl (C=O) groups excluding carboxylic acids is 2. The summed E-state index contributed by atoms with van der Waals surface area (Å²) in [7, 11) is 0. The smallest absolute Gasteiger partial charge is 0.351 e. The van der Waals surface area contributed by atoms with Gasteiger partial charge in [0.15, 0.2) is 11.9 Å². The third kappa shape index (κ3) is 53.8. The van der Waals surface area contributed by atoms with Crippen molar-refractivity contribution in [3.8, 4) is 0 Å². The van der Waals surface area contributed by atoms with Gasteiger partial charge in [0.1, 0.15) is 0 Å². The number of carboxylic acids is 4. The van der Waals surface area contributed by atoms with Crippen LogP contribution < -0.4 is 10.2 Å². The molecule has 0 aromatic heterocycles. The van der Waals surface area contributed by atoms with Crippen LogP contribution >= 0.6 is 0 Å². The monoisotopic (exact) mass is 339 g/mol. The summed E-state index contributed by atoms with van der Waals surface area (Å²) in [5, 5.41) is 56.6. The van der Waals surface area contributed by atoms with Gasteiger partial charge in [0, 0.05) is 0 Å². The molecule has 0 fully saturated rings. The van der Waals surface area contributed by atoms with Crippen molar-refractivity contribution in [2.24, 2.45) is 0 Å². The first-order chi connectivity index (χ1) is 7.29. The van der Waals surface area contributed by atoms with Gasteiger partial charge in [-0.1, -0.05) is 0 Å². The summed E-state index contributed by atoms with van der Waals surface area (Å²) in [6, 6.07) is 0. The van der Waals surface area contributed by atoms with Crippen molar-refractivity contribution in [2.75, 3.05) is 0 Å². The maximum Gasteiger partial charge on any atom is 0.351 e. The summed E-state index contributed by atoms with van der Waals surface area (Å²) in [4.78, 5) is 36.1. The zero-order valence-electron chi connectivity index (χ0n) is 7.58. The van der Waals surface area contributed by atoms with Crippen LogP contribution in [0.4, 0.5) is 0 Å². The second-order valence-electron chi connectivity index (χ2n) is 1.19. The number of hydrogen-bond acceptors (Lipinski definition) is 10. The molecule has 0 amide bonds. The molecule has 0 unspecified atom stereocenters. The predicted octanol–water partition coefficient (Wildman–Crippen LogP) is -4.33. The number of hydrogen-bond donors (Lipinski definition) is 6. The molecular formula is C4H6NbO12-3. The average Bonchev–Trinajstić information content (AvgIpc) is 2.24. The largest absolute Gasteiger partial charge is 1.00 e. The Hall–Kier alpha value is -1.54. The van der Waals surface area contributed by atoms with Crippen molar-refractivity contribution < 1.29 is 83.0 Å². The van der Waals surface area contributed by atoms with Crippen LogP contribution in [0.5, 0.6) is 0 Å². The SMILES string of the molecule is O=C([O-])C(=O)O.O=C([O-])C(=O)O.OO.OO.[Nb-]. The molecule has 0 saturated carbocycles. The molecular weight excluding hydrogens is 333 g/mol. The van der Waals surface area contributed by atoms with Crippen LogP contribution in [0, 0.1) is 0 Å². The van der Waals surface area contributed by atoms with Crippen LogP contribution in [-0.4, -0.2) is 55.1 Å². The minimum Gasteiger partial charge on any atom is -1.00 e. The number of carbonyl (C=O) groups is 4. The van der Waals surface area contributed by atoms with Gasteiger partial charge >= 0.3 is 11.9 Å². The fourth-order valence-electron chi connectivity index (χ4n) is 0. The molecule has 0 aromatic rings. The minimum absolute atomic E-state index is 0. The summed E-state index contributed by atoms with van der Waals surface area (Å²) < 4.78 is 0. The Bertz CT molecular complexity index is 175. The summed E-state index contributed by atoms with van der Waals surface area (Å²) in [6.07, 6.45) is 0. The molecule has 12 nitrogen and oxygen atoms in total. The first-order valence-corrected chi connectivity index (χ1v) is 2.57. The molecule has 0 aromatic carbocycles. The van der Waals surface area contributed by atoms with Crippen molar-refractivity contribution in [1.29, 1.82) is 0 Å². The van der Waals surface area contributed by atoms with Crippen molar-refractivity contribution in [3.05, 3.63) is 0 Å². The quantitative estimate of drug-likeness (QED) is 0.106. The van der Waals surface area contributed by atoms with Crippen LogP contribution in [0.15, 0.2) is 0 Å². The van der Waals surface area contributed by atoms with E-state index in [1.165, 1.54) is 0 Å². The number of aliphatic carboxylic acids is 4. The number of rotatable bonds is 0. The van der Waals surface area contributed by atoms with Crippen molar-refractivity contribution in [1.82, 2.24) is 0 Å². The Morgan fingerprint density at radius 3 is 0.706 bits per heavy atom. The molecule has 0 spiro atoms. The van der Waals surface area contributed by atoms with Crippen LogP contribution in [0.3, 0.4) is 0 Å². The first-order valence-electron chi connectivity index (χ1n) is 2.57. The van der Waals surface area contributed by atoms with Crippen molar-refractivity contribution in [3.63, 3.8) is 0 Å². The molecule has 102 valence electrons. The molecule has 0 atom stereocenters. The predicted molar refractivity (Wildman–Crippen MR) is 35.8 cm³/mol. The zero-order chi connectivity index (χ0) is 14.3. The van der Waals surface area contributed by atoms with Crippen LogP contribution in [0.25, 0.3) is 0 Å². The zero-order valence-corrected chi connectivity index (χ0v) is 9.78. The fourth-order valence-corrected chi connectivity index (χ4v) is 0. The van der Waals surface area contributed by atoms with Crippen molar-refractivity contribution >= 4 is 23.9 Å². The standard InChI is InChI=1S/2C2H2O4.Nb.2H2O2/c2*3-1(4)2(5)6;;2*1-2/h2*(H,3,4)(H,5,6);;2*1-2H/q;;-1;;/p-2. The van der Waals surface area contributed by atoms with E-state index in [2.05, 4.69) is 0 Å². The van der Waals surface area contributed by atoms with Gasteiger partial charge in [-0.15, -0.1) is 0 Å². The van der Waals surface area contributed by atoms with Gasteiger partial charge in [-0.25, -0.2) is 9.59 Å². The van der Waals surface area contributed by atoms with E-state index in [9.17, 15) is 0 Å². The summed E-state index contributed by atoms with van der Waals surface area (Å²) >= 11 is 0. The molecule has 0 aliphatic rings. The summed E-state index contributed by atoms with van der Waals surface area (Å²) in [5.41, 5.74) is 0. The Kier molecular flexibility index (Phi) is 41.6. The topological polar surface area (TPSA) is 236 Å². The molecule has 0 bridgehead atoms. The minimum atomic E-state index is -2.07. The Morgan fingerprint density at radius 2 is 0.706 bits per heavy atom. The van der Waals surface area contributed by atoms with Gasteiger partial charge in [-0.05, 0) is 0 Å². The summed E-state index contributed by atoms with van der Waals surface area (Å²) in [6.45, 7) is 0. The van der Waals surface area contributed by atoms with E-state index < -0.39 is 23.9 Å². The summed E-state index contributed by atoms with van der Waals surface area (Å²) in [5.74, 6) is -8.02. The third-order valence-electron chi connectivity index (χ3n) is 0.349. The molecule has 0 aliphatic carbocycles. The number of carboxylic acid groups (broad SMARTS) is 4. The Morgan fingerprint density at radius 1 is 0.647 bits per heavy atom. The maximum atomic E-state index is 9.04. The third-order valence-corrected chi connectivity index (χ3v) is 0.349. The van der Waals surface area contributed by atoms with Gasteiger partial charge in [0.25, 0.3) is 0 Å². The first kappa shape index (κ1) is 29.5. The van der Waals surface area contributed by atoms with Crippen LogP contribution in [0.1, 0.15) is 0 Å². The van der Waals surface area contributed by atoms with Gasteiger partial charge in [0.2, 0.25) is 0 Å². The van der Waals surface area contributed by atoms with Crippen LogP contribution in [-0.2, 0) is 41.6 Å². The fraction of sp³-hybridized carbons (Fsp3) is 0. The molecule has 0 saturated heterocycles. The molecule has 0 heterocycles. The van der Waals surface area contributed by atoms with E-state index in [1.54, 1.807) is 0 Å². The van der Waals surface area contributed by atoms with Crippen LogP contribution in [0.2, 0.25) is 0 Å². The van der Waals surface area contributed by atoms with E-state index >= 15 is 0 Å².